The van der Waals surface area contributed by atoms with Crippen LogP contribution in [-0.4, -0.2) is 11.6 Å². The maximum absolute atomic E-state index is 10.9. The Kier molecular flexibility index (Phi) is 7.42. The highest BCUT2D eigenvalue weighted by Crippen LogP contribution is 2.50. The van der Waals surface area contributed by atoms with Crippen molar-refractivity contribution in [2.24, 2.45) is 0 Å². The SMILES string of the molecule is C1=CSC(=C2SC=CS2)S1.O=C1C(=O)C(Cl)=C(Cl)C(Cl)=C1Cl. The van der Waals surface area contributed by atoms with Gasteiger partial charge in [-0.3, -0.25) is 9.59 Å². The molecule has 0 aromatic rings. The molecule has 3 aliphatic rings. The first-order valence-corrected chi connectivity index (χ1v) is 10.4. The normalized spacial score (nSPS) is 21.1. The van der Waals surface area contributed by atoms with Crippen molar-refractivity contribution in [2.75, 3.05) is 0 Å². The summed E-state index contributed by atoms with van der Waals surface area (Å²) < 4.78 is 2.86. The van der Waals surface area contributed by atoms with E-state index in [0.29, 0.717) is 0 Å². The van der Waals surface area contributed by atoms with Gasteiger partial charge in [0, 0.05) is 0 Å². The minimum absolute atomic E-state index is 0.187. The van der Waals surface area contributed by atoms with Gasteiger partial charge in [0.25, 0.3) is 0 Å². The highest BCUT2D eigenvalue weighted by molar-refractivity contribution is 8.33. The summed E-state index contributed by atoms with van der Waals surface area (Å²) in [7, 11) is 0. The second kappa shape index (κ2) is 8.62. The van der Waals surface area contributed by atoms with Crippen LogP contribution in [0.15, 0.2) is 50.2 Å². The molecule has 0 spiro atoms. The van der Waals surface area contributed by atoms with E-state index in [4.69, 9.17) is 46.4 Å². The van der Waals surface area contributed by atoms with Crippen LogP contribution in [-0.2, 0) is 9.59 Å². The van der Waals surface area contributed by atoms with E-state index >= 15 is 0 Å². The molecule has 0 saturated heterocycles. The molecule has 0 amide bonds. The number of Topliss-reactive ketones (excluding diaryl/α,β-unsaturated/α-hetero) is 2. The van der Waals surface area contributed by atoms with E-state index in [2.05, 4.69) is 21.6 Å². The molecule has 2 nitrogen and oxygen atoms in total. The van der Waals surface area contributed by atoms with E-state index in [9.17, 15) is 9.59 Å². The number of allylic oxidation sites excluding steroid dienone is 4. The Morgan fingerprint density at radius 3 is 1.09 bits per heavy atom. The summed E-state index contributed by atoms with van der Waals surface area (Å²) in [5, 5.41) is 7.37. The lowest BCUT2D eigenvalue weighted by Crippen LogP contribution is -2.19. The van der Waals surface area contributed by atoms with Crippen molar-refractivity contribution in [3.05, 3.63) is 50.2 Å². The van der Waals surface area contributed by atoms with Crippen molar-refractivity contribution in [3.8, 4) is 0 Å². The van der Waals surface area contributed by atoms with Gasteiger partial charge >= 0.3 is 0 Å². The van der Waals surface area contributed by atoms with Crippen molar-refractivity contribution >= 4 is 105 Å². The summed E-state index contributed by atoms with van der Waals surface area (Å²) in [4.78, 5) is 21.8. The smallest absolute Gasteiger partial charge is 0.247 e. The zero-order valence-corrected chi connectivity index (χ0v) is 16.6. The molecule has 0 saturated carbocycles. The van der Waals surface area contributed by atoms with Crippen LogP contribution in [0.3, 0.4) is 0 Å². The highest BCUT2D eigenvalue weighted by atomic mass is 35.5. The number of carbonyl (C=O) groups excluding carboxylic acids is 2. The highest BCUT2D eigenvalue weighted by Gasteiger charge is 2.31. The predicted molar refractivity (Wildman–Crippen MR) is 103 cm³/mol. The first-order valence-electron chi connectivity index (χ1n) is 5.34. The van der Waals surface area contributed by atoms with Crippen LogP contribution in [0, 0.1) is 0 Å². The quantitative estimate of drug-likeness (QED) is 0.308. The number of hydrogen-bond donors (Lipinski definition) is 0. The van der Waals surface area contributed by atoms with Gasteiger partial charge in [-0.15, -0.1) is 0 Å². The minimum Gasteiger partial charge on any atom is -0.284 e. The lowest BCUT2D eigenvalue weighted by atomic mass is 10.1. The predicted octanol–water partition coefficient (Wildman–Crippen LogP) is 6.53. The zero-order valence-electron chi connectivity index (χ0n) is 10.3. The van der Waals surface area contributed by atoms with Gasteiger partial charge < -0.3 is 0 Å². The molecule has 0 unspecified atom stereocenters. The van der Waals surface area contributed by atoms with Crippen LogP contribution in [0.1, 0.15) is 0 Å². The zero-order chi connectivity index (χ0) is 16.3. The fraction of sp³-hybridized carbons (Fsp3) is 0. The summed E-state index contributed by atoms with van der Waals surface area (Å²) >= 11 is 29.0. The molecule has 0 radical (unpaired) electrons. The van der Waals surface area contributed by atoms with Crippen LogP contribution >= 0.6 is 93.5 Å². The Balaban J connectivity index is 0.000000162. The van der Waals surface area contributed by atoms with Gasteiger partial charge in [0.15, 0.2) is 0 Å². The number of thioether (sulfide) groups is 4. The Morgan fingerprint density at radius 1 is 0.545 bits per heavy atom. The average molecular weight is 450 g/mol. The third-order valence-electron chi connectivity index (χ3n) is 2.16. The van der Waals surface area contributed by atoms with Gasteiger partial charge in [-0.2, -0.15) is 0 Å². The number of rotatable bonds is 0. The summed E-state index contributed by atoms with van der Waals surface area (Å²) in [6.07, 6.45) is 0. The molecule has 116 valence electrons. The van der Waals surface area contributed by atoms with Crippen LogP contribution in [0.2, 0.25) is 0 Å². The van der Waals surface area contributed by atoms with E-state index in [0.717, 1.165) is 0 Å². The van der Waals surface area contributed by atoms with E-state index in [-0.39, 0.29) is 10.1 Å². The van der Waals surface area contributed by atoms with E-state index in [1.807, 2.05) is 47.0 Å². The lowest BCUT2D eigenvalue weighted by molar-refractivity contribution is -0.131. The molecule has 0 aromatic carbocycles. The van der Waals surface area contributed by atoms with Gasteiger partial charge in [0.2, 0.25) is 11.6 Å². The monoisotopic (exact) mass is 448 g/mol. The Morgan fingerprint density at radius 2 is 0.818 bits per heavy atom. The molecule has 0 bridgehead atoms. The molecular weight excluding hydrogens is 446 g/mol. The van der Waals surface area contributed by atoms with Crippen molar-refractivity contribution in [1.29, 1.82) is 0 Å². The number of hydrogen-bond acceptors (Lipinski definition) is 6. The lowest BCUT2D eigenvalue weighted by Gasteiger charge is -2.08. The van der Waals surface area contributed by atoms with Gasteiger partial charge in [-0.1, -0.05) is 93.5 Å². The molecule has 0 atom stereocenters. The molecule has 2 heterocycles. The molecule has 0 N–H and O–H groups in total. The summed E-state index contributed by atoms with van der Waals surface area (Å²) in [5.74, 6) is -1.87. The molecule has 1 aliphatic carbocycles. The maximum Gasteiger partial charge on any atom is 0.247 e. The molecule has 0 aromatic heterocycles. The van der Waals surface area contributed by atoms with Crippen LogP contribution < -0.4 is 0 Å². The Hall–Kier alpha value is 0.600. The minimum atomic E-state index is -0.934. The summed E-state index contributed by atoms with van der Waals surface area (Å²) in [6, 6.07) is 0. The van der Waals surface area contributed by atoms with E-state index < -0.39 is 21.6 Å². The van der Waals surface area contributed by atoms with Crippen LogP contribution in [0.25, 0.3) is 0 Å². The fourth-order valence-corrected chi connectivity index (χ4v) is 6.05. The third-order valence-corrected chi connectivity index (χ3v) is 8.71. The third kappa shape index (κ3) is 4.36. The van der Waals surface area contributed by atoms with Gasteiger partial charge in [-0.05, 0) is 21.6 Å². The molecule has 3 rings (SSSR count). The largest absolute Gasteiger partial charge is 0.284 e. The fourth-order valence-electron chi connectivity index (χ4n) is 1.20. The van der Waals surface area contributed by atoms with Gasteiger partial charge in [-0.25, -0.2) is 0 Å². The van der Waals surface area contributed by atoms with E-state index in [1.54, 1.807) is 0 Å². The van der Waals surface area contributed by atoms with Crippen molar-refractivity contribution in [2.45, 2.75) is 0 Å². The molecule has 2 aliphatic heterocycles. The topological polar surface area (TPSA) is 34.1 Å². The first kappa shape index (κ1) is 18.9. The molecule has 0 fully saturated rings. The summed E-state index contributed by atoms with van der Waals surface area (Å²) in [5.41, 5.74) is 0. The Bertz CT molecular complexity index is 598. The summed E-state index contributed by atoms with van der Waals surface area (Å²) in [6.45, 7) is 0. The number of ketones is 2. The van der Waals surface area contributed by atoms with Gasteiger partial charge in [0.05, 0.1) is 18.5 Å². The molecular formula is C12H4Cl4O2S4. The van der Waals surface area contributed by atoms with Crippen molar-refractivity contribution < 1.29 is 9.59 Å². The number of halogens is 4. The Labute approximate surface area is 163 Å². The van der Waals surface area contributed by atoms with Crippen LogP contribution in [0.4, 0.5) is 0 Å². The second-order valence-electron chi connectivity index (χ2n) is 3.50. The second-order valence-corrected chi connectivity index (χ2v) is 9.20. The van der Waals surface area contributed by atoms with Crippen LogP contribution in [0.5, 0.6) is 0 Å². The van der Waals surface area contributed by atoms with E-state index in [1.165, 1.54) is 8.47 Å². The first-order chi connectivity index (χ1) is 10.4. The molecule has 10 heteroatoms. The van der Waals surface area contributed by atoms with Crippen molar-refractivity contribution in [3.63, 3.8) is 0 Å². The standard InChI is InChI=1S/C6Cl4O2.C6H4S4/c7-1-2(8)4(10)6(12)5(11)3(1)9;1-2-8-5(7-1)6-9-3-4-10-6/h;1-4H. The molecule has 22 heavy (non-hydrogen) atoms. The number of carbonyl (C=O) groups is 2. The van der Waals surface area contributed by atoms with Crippen molar-refractivity contribution in [1.82, 2.24) is 0 Å². The van der Waals surface area contributed by atoms with Gasteiger partial charge in [0.1, 0.15) is 10.1 Å². The maximum atomic E-state index is 10.9. The average Bonchev–Trinajstić information content (AvgIpc) is 3.21.